The van der Waals surface area contributed by atoms with Crippen molar-refractivity contribution in [2.24, 2.45) is 0 Å². The summed E-state index contributed by atoms with van der Waals surface area (Å²) in [5.74, 6) is 0.362. The molecule has 100 valence electrons. The second-order valence-electron chi connectivity index (χ2n) is 5.29. The molecule has 0 spiro atoms. The molecule has 1 aromatic carbocycles. The lowest BCUT2D eigenvalue weighted by Gasteiger charge is -2.36. The van der Waals surface area contributed by atoms with E-state index in [9.17, 15) is 4.79 Å². The van der Waals surface area contributed by atoms with Crippen LogP contribution in [0.4, 0.5) is 0 Å². The van der Waals surface area contributed by atoms with Gasteiger partial charge in [-0.1, -0.05) is 42.5 Å². The van der Waals surface area contributed by atoms with E-state index in [1.54, 1.807) is 0 Å². The van der Waals surface area contributed by atoms with Crippen LogP contribution in [0.25, 0.3) is 0 Å². The van der Waals surface area contributed by atoms with Crippen molar-refractivity contribution in [2.45, 2.75) is 31.5 Å². The lowest BCUT2D eigenvalue weighted by Crippen LogP contribution is -2.48. The Hall–Kier alpha value is -1.45. The smallest absolute Gasteiger partial charge is 0.136 e. The Bertz CT molecular complexity index is 469. The first-order valence-corrected chi connectivity index (χ1v) is 6.89. The molecule has 1 saturated heterocycles. The molecule has 19 heavy (non-hydrogen) atoms. The highest BCUT2D eigenvalue weighted by Crippen LogP contribution is 2.25. The number of Topliss-reactive ketones (excluding diaryl/α,β-unsaturated/α-hetero) is 1. The lowest BCUT2D eigenvalue weighted by molar-refractivity contribution is -0.125. The fraction of sp³-hybridized carbons (Fsp3) is 0.438. The Kier molecular flexibility index (Phi) is 3.76. The second kappa shape index (κ2) is 5.68. The van der Waals surface area contributed by atoms with Crippen molar-refractivity contribution >= 4 is 5.78 Å². The number of rotatable bonds is 4. The molecular formula is C16H19NO2. The molecule has 2 aliphatic rings. The van der Waals surface area contributed by atoms with E-state index in [2.05, 4.69) is 29.2 Å². The highest BCUT2D eigenvalue weighted by molar-refractivity contribution is 5.81. The summed E-state index contributed by atoms with van der Waals surface area (Å²) in [6, 6.07) is 10.7. The maximum atomic E-state index is 11.7. The van der Waals surface area contributed by atoms with Crippen LogP contribution in [0, 0.1) is 0 Å². The van der Waals surface area contributed by atoms with Crippen molar-refractivity contribution < 1.29 is 9.53 Å². The fourth-order valence-corrected chi connectivity index (χ4v) is 2.93. The van der Waals surface area contributed by atoms with E-state index in [0.717, 1.165) is 6.54 Å². The van der Waals surface area contributed by atoms with E-state index in [-0.39, 0.29) is 6.04 Å². The predicted molar refractivity (Wildman–Crippen MR) is 73.8 cm³/mol. The third kappa shape index (κ3) is 2.94. The van der Waals surface area contributed by atoms with Crippen molar-refractivity contribution in [3.63, 3.8) is 0 Å². The zero-order valence-corrected chi connectivity index (χ0v) is 11.0. The minimum Gasteiger partial charge on any atom is -0.375 e. The molecule has 0 aromatic heterocycles. The standard InChI is InChI=1S/C16H19NO2/c18-16-9-14-7-4-8-17(14)15(10-16)12-19-11-13-5-2-1-3-6-13/h1-7,14-15H,8-12H2/t14-,15+/m0/s1. The van der Waals surface area contributed by atoms with Gasteiger partial charge in [0.1, 0.15) is 5.78 Å². The van der Waals surface area contributed by atoms with Crippen molar-refractivity contribution in [3.8, 4) is 0 Å². The van der Waals surface area contributed by atoms with Gasteiger partial charge in [0, 0.05) is 31.5 Å². The first-order valence-electron chi connectivity index (χ1n) is 6.89. The number of fused-ring (bicyclic) bond motifs is 1. The molecule has 0 unspecified atom stereocenters. The molecule has 1 aromatic rings. The number of carbonyl (C=O) groups excluding carboxylic acids is 1. The summed E-state index contributed by atoms with van der Waals surface area (Å²) in [7, 11) is 0. The van der Waals surface area contributed by atoms with Crippen LogP contribution < -0.4 is 0 Å². The SMILES string of the molecule is O=C1C[C@H](COCc2ccccc2)N2CC=C[C@H]2C1. The van der Waals surface area contributed by atoms with Gasteiger partial charge in [0.05, 0.1) is 13.2 Å². The molecule has 2 atom stereocenters. The highest BCUT2D eigenvalue weighted by atomic mass is 16.5. The van der Waals surface area contributed by atoms with E-state index in [0.29, 0.717) is 37.9 Å². The number of hydrogen-bond acceptors (Lipinski definition) is 3. The van der Waals surface area contributed by atoms with E-state index in [1.807, 2.05) is 18.2 Å². The lowest BCUT2D eigenvalue weighted by atomic mass is 9.96. The number of ether oxygens (including phenoxy) is 1. The maximum absolute atomic E-state index is 11.7. The highest BCUT2D eigenvalue weighted by Gasteiger charge is 2.34. The quantitative estimate of drug-likeness (QED) is 0.774. The summed E-state index contributed by atoms with van der Waals surface area (Å²) in [5, 5.41) is 0. The second-order valence-corrected chi connectivity index (χ2v) is 5.29. The van der Waals surface area contributed by atoms with Crippen LogP contribution in [-0.4, -0.2) is 35.9 Å². The Morgan fingerprint density at radius 3 is 2.89 bits per heavy atom. The minimum absolute atomic E-state index is 0.241. The molecule has 1 fully saturated rings. The first kappa shape index (κ1) is 12.6. The summed E-state index contributed by atoms with van der Waals surface area (Å²) in [6.07, 6.45) is 5.62. The summed E-state index contributed by atoms with van der Waals surface area (Å²) in [5.41, 5.74) is 1.18. The largest absolute Gasteiger partial charge is 0.375 e. The predicted octanol–water partition coefficient (Wildman–Crippen LogP) is 2.18. The van der Waals surface area contributed by atoms with E-state index < -0.39 is 0 Å². The van der Waals surface area contributed by atoms with Crippen molar-refractivity contribution in [1.82, 2.24) is 4.90 Å². The molecule has 0 aliphatic carbocycles. The van der Waals surface area contributed by atoms with Crippen molar-refractivity contribution in [2.75, 3.05) is 13.2 Å². The van der Waals surface area contributed by atoms with Gasteiger partial charge in [0.2, 0.25) is 0 Å². The van der Waals surface area contributed by atoms with Crippen LogP contribution in [0.2, 0.25) is 0 Å². The van der Waals surface area contributed by atoms with Crippen LogP contribution >= 0.6 is 0 Å². The molecule has 3 rings (SSSR count). The summed E-state index contributed by atoms with van der Waals surface area (Å²) in [6.45, 7) is 2.22. The molecule has 3 heteroatoms. The van der Waals surface area contributed by atoms with Crippen LogP contribution in [0.1, 0.15) is 18.4 Å². The molecule has 2 aliphatic heterocycles. The van der Waals surface area contributed by atoms with Crippen LogP contribution in [0.5, 0.6) is 0 Å². The third-order valence-corrected chi connectivity index (χ3v) is 3.89. The molecule has 0 amide bonds. The molecule has 0 bridgehead atoms. The van der Waals surface area contributed by atoms with Gasteiger partial charge in [-0.15, -0.1) is 0 Å². The molecule has 2 heterocycles. The van der Waals surface area contributed by atoms with Gasteiger partial charge in [-0.05, 0) is 5.56 Å². The van der Waals surface area contributed by atoms with Crippen LogP contribution in [0.15, 0.2) is 42.5 Å². The summed E-state index contributed by atoms with van der Waals surface area (Å²) in [4.78, 5) is 14.1. The van der Waals surface area contributed by atoms with Gasteiger partial charge in [-0.3, -0.25) is 9.69 Å². The minimum atomic E-state index is 0.241. The van der Waals surface area contributed by atoms with Crippen molar-refractivity contribution in [1.29, 1.82) is 0 Å². The number of benzene rings is 1. The van der Waals surface area contributed by atoms with Gasteiger partial charge in [0.25, 0.3) is 0 Å². The third-order valence-electron chi connectivity index (χ3n) is 3.89. The van der Waals surface area contributed by atoms with Gasteiger partial charge in [0.15, 0.2) is 0 Å². The number of ketones is 1. The number of hydrogen-bond donors (Lipinski definition) is 0. The summed E-state index contributed by atoms with van der Waals surface area (Å²) >= 11 is 0. The van der Waals surface area contributed by atoms with Crippen LogP contribution in [0.3, 0.4) is 0 Å². The van der Waals surface area contributed by atoms with Gasteiger partial charge < -0.3 is 4.74 Å². The maximum Gasteiger partial charge on any atom is 0.136 e. The molecule has 0 radical (unpaired) electrons. The molecule has 3 nitrogen and oxygen atoms in total. The molecule has 0 saturated carbocycles. The molecule has 0 N–H and O–H groups in total. The normalized spacial score (nSPS) is 26.6. The zero-order chi connectivity index (χ0) is 13.1. The zero-order valence-electron chi connectivity index (χ0n) is 11.0. The Labute approximate surface area is 113 Å². The molecular weight excluding hydrogens is 238 g/mol. The average Bonchev–Trinajstić information content (AvgIpc) is 2.88. The Morgan fingerprint density at radius 1 is 1.21 bits per heavy atom. The Balaban J connectivity index is 1.53. The van der Waals surface area contributed by atoms with E-state index >= 15 is 0 Å². The van der Waals surface area contributed by atoms with Crippen molar-refractivity contribution in [3.05, 3.63) is 48.0 Å². The van der Waals surface area contributed by atoms with E-state index in [4.69, 9.17) is 4.74 Å². The number of carbonyl (C=O) groups is 1. The first-order chi connectivity index (χ1) is 9.33. The van der Waals surface area contributed by atoms with Crippen LogP contribution in [-0.2, 0) is 16.1 Å². The monoisotopic (exact) mass is 257 g/mol. The topological polar surface area (TPSA) is 29.5 Å². The summed E-state index contributed by atoms with van der Waals surface area (Å²) < 4.78 is 5.79. The fourth-order valence-electron chi connectivity index (χ4n) is 2.93. The van der Waals surface area contributed by atoms with E-state index in [1.165, 1.54) is 5.56 Å². The Morgan fingerprint density at radius 2 is 2.05 bits per heavy atom. The van der Waals surface area contributed by atoms with Gasteiger partial charge >= 0.3 is 0 Å². The number of nitrogens with zero attached hydrogens (tertiary/aromatic N) is 1. The number of piperidine rings is 1. The van der Waals surface area contributed by atoms with Gasteiger partial charge in [-0.25, -0.2) is 0 Å². The van der Waals surface area contributed by atoms with Gasteiger partial charge in [-0.2, -0.15) is 0 Å². The average molecular weight is 257 g/mol.